The van der Waals surface area contributed by atoms with E-state index in [1.165, 1.54) is 0 Å². The molecule has 2 aliphatic rings. The number of rotatable bonds is 2. The van der Waals surface area contributed by atoms with E-state index in [9.17, 15) is 9.59 Å². The maximum atomic E-state index is 12.6. The lowest BCUT2D eigenvalue weighted by molar-refractivity contribution is -0.116. The van der Waals surface area contributed by atoms with Crippen molar-refractivity contribution in [3.63, 3.8) is 0 Å². The molecule has 142 valence electrons. The molecule has 2 aliphatic heterocycles. The lowest BCUT2D eigenvalue weighted by Crippen LogP contribution is -2.54. The number of ether oxygens (including phenoxy) is 2. The van der Waals surface area contributed by atoms with Crippen LogP contribution in [0.25, 0.3) is 0 Å². The van der Waals surface area contributed by atoms with Gasteiger partial charge in [0.2, 0.25) is 0 Å². The van der Waals surface area contributed by atoms with Gasteiger partial charge in [0.15, 0.2) is 0 Å². The van der Waals surface area contributed by atoms with Gasteiger partial charge >= 0.3 is 6.03 Å². The molecule has 7 nitrogen and oxygen atoms in total. The highest BCUT2D eigenvalue weighted by Crippen LogP contribution is 2.22. The molecule has 0 spiro atoms. The van der Waals surface area contributed by atoms with Crippen molar-refractivity contribution in [3.05, 3.63) is 29.8 Å². The Labute approximate surface area is 154 Å². The van der Waals surface area contributed by atoms with Crippen molar-refractivity contribution in [1.29, 1.82) is 0 Å². The predicted molar refractivity (Wildman–Crippen MR) is 98.4 cm³/mol. The van der Waals surface area contributed by atoms with Gasteiger partial charge in [-0.2, -0.15) is 0 Å². The summed E-state index contributed by atoms with van der Waals surface area (Å²) in [7, 11) is 0. The zero-order valence-electron chi connectivity index (χ0n) is 15.7. The largest absolute Gasteiger partial charge is 0.378 e. The van der Waals surface area contributed by atoms with Crippen molar-refractivity contribution in [2.24, 2.45) is 0 Å². The second-order valence-electron chi connectivity index (χ2n) is 7.48. The van der Waals surface area contributed by atoms with Gasteiger partial charge in [-0.05, 0) is 39.0 Å². The Morgan fingerprint density at radius 3 is 2.62 bits per heavy atom. The quantitative estimate of drug-likeness (QED) is 0.877. The Hall–Kier alpha value is -2.12. The van der Waals surface area contributed by atoms with Crippen LogP contribution in [0.2, 0.25) is 0 Å². The summed E-state index contributed by atoms with van der Waals surface area (Å²) in [4.78, 5) is 28.8. The van der Waals surface area contributed by atoms with Crippen LogP contribution in [0.5, 0.6) is 0 Å². The van der Waals surface area contributed by atoms with Crippen LogP contribution in [-0.2, 0) is 9.47 Å². The van der Waals surface area contributed by atoms with Crippen LogP contribution >= 0.6 is 0 Å². The van der Waals surface area contributed by atoms with Crippen LogP contribution in [0.1, 0.15) is 31.1 Å². The van der Waals surface area contributed by atoms with E-state index in [4.69, 9.17) is 9.47 Å². The number of anilines is 1. The third-order valence-corrected chi connectivity index (χ3v) is 4.52. The third-order valence-electron chi connectivity index (χ3n) is 4.52. The summed E-state index contributed by atoms with van der Waals surface area (Å²) in [6, 6.07) is 6.90. The minimum atomic E-state index is -0.372. The van der Waals surface area contributed by atoms with Gasteiger partial charge in [-0.25, -0.2) is 4.79 Å². The molecular formula is C19H27N3O4. The maximum absolute atomic E-state index is 12.6. The van der Waals surface area contributed by atoms with Crippen LogP contribution in [0.15, 0.2) is 24.3 Å². The molecule has 0 aliphatic carbocycles. The first-order chi connectivity index (χ1) is 12.3. The number of urea groups is 1. The molecule has 2 heterocycles. The minimum absolute atomic E-state index is 0.0151. The van der Waals surface area contributed by atoms with Crippen molar-refractivity contribution < 1.29 is 19.1 Å². The van der Waals surface area contributed by atoms with Crippen molar-refractivity contribution in [2.75, 3.05) is 44.7 Å². The van der Waals surface area contributed by atoms with Crippen LogP contribution in [-0.4, -0.2) is 72.8 Å². The van der Waals surface area contributed by atoms with Gasteiger partial charge in [0.05, 0.1) is 31.5 Å². The van der Waals surface area contributed by atoms with E-state index in [2.05, 4.69) is 5.32 Å². The van der Waals surface area contributed by atoms with E-state index in [1.54, 1.807) is 34.1 Å². The number of nitrogens with one attached hydrogen (secondary N) is 1. The summed E-state index contributed by atoms with van der Waals surface area (Å²) in [5.74, 6) is -0.0365. The highest BCUT2D eigenvalue weighted by Gasteiger charge is 2.33. The second-order valence-corrected chi connectivity index (χ2v) is 7.48. The molecule has 1 aromatic rings. The van der Waals surface area contributed by atoms with E-state index >= 15 is 0 Å². The molecule has 0 radical (unpaired) electrons. The van der Waals surface area contributed by atoms with Crippen LogP contribution < -0.4 is 5.32 Å². The van der Waals surface area contributed by atoms with E-state index in [0.29, 0.717) is 50.6 Å². The lowest BCUT2D eigenvalue weighted by Gasteiger charge is -2.41. The Balaban J connectivity index is 1.66. The molecule has 3 amide bonds. The molecule has 1 N–H and O–H groups in total. The van der Waals surface area contributed by atoms with Gasteiger partial charge < -0.3 is 24.6 Å². The van der Waals surface area contributed by atoms with E-state index in [0.717, 1.165) is 0 Å². The Bertz CT molecular complexity index is 671. The third kappa shape index (κ3) is 4.53. The summed E-state index contributed by atoms with van der Waals surface area (Å²) in [5, 5.41) is 2.90. The summed E-state index contributed by atoms with van der Waals surface area (Å²) < 4.78 is 11.1. The predicted octanol–water partition coefficient (Wildman–Crippen LogP) is 2.19. The molecule has 2 fully saturated rings. The first-order valence-electron chi connectivity index (χ1n) is 9.05. The smallest absolute Gasteiger partial charge is 0.322 e. The van der Waals surface area contributed by atoms with Crippen LogP contribution in [0, 0.1) is 0 Å². The number of benzene rings is 1. The number of carbonyl (C=O) groups is 2. The van der Waals surface area contributed by atoms with Gasteiger partial charge in [-0.1, -0.05) is 6.07 Å². The first-order valence-corrected chi connectivity index (χ1v) is 9.05. The SMILES string of the molecule is CC1CN(C(=O)Nc2cccc(C(=O)N3CCOCC3)c2)CC(C)(C)O1. The molecule has 0 bridgehead atoms. The number of amides is 3. The molecule has 7 heteroatoms. The number of carbonyl (C=O) groups excluding carboxylic acids is 2. The topological polar surface area (TPSA) is 71.1 Å². The number of morpholine rings is 2. The monoisotopic (exact) mass is 361 g/mol. The van der Waals surface area contributed by atoms with Crippen molar-refractivity contribution in [2.45, 2.75) is 32.5 Å². The molecule has 26 heavy (non-hydrogen) atoms. The molecule has 1 aromatic carbocycles. The van der Waals surface area contributed by atoms with Gasteiger partial charge in [-0.3, -0.25) is 4.79 Å². The lowest BCUT2D eigenvalue weighted by atomic mass is 10.1. The highest BCUT2D eigenvalue weighted by molar-refractivity contribution is 5.97. The van der Waals surface area contributed by atoms with Crippen LogP contribution in [0.3, 0.4) is 0 Å². The van der Waals surface area contributed by atoms with Gasteiger partial charge in [-0.15, -0.1) is 0 Å². The molecule has 3 rings (SSSR count). The normalized spacial score (nSPS) is 22.8. The number of hydrogen-bond acceptors (Lipinski definition) is 4. The van der Waals surface area contributed by atoms with Gasteiger partial charge in [0.25, 0.3) is 5.91 Å². The molecule has 2 saturated heterocycles. The summed E-state index contributed by atoms with van der Waals surface area (Å²) >= 11 is 0. The minimum Gasteiger partial charge on any atom is -0.378 e. The summed E-state index contributed by atoms with van der Waals surface area (Å²) in [6.07, 6.45) is -0.0151. The standard InChI is InChI=1S/C19H27N3O4/c1-14-12-22(13-19(2,3)26-14)18(24)20-16-6-4-5-15(11-16)17(23)21-7-9-25-10-8-21/h4-6,11,14H,7-10,12-13H2,1-3H3,(H,20,24). The van der Waals surface area contributed by atoms with Crippen molar-refractivity contribution >= 4 is 17.6 Å². The van der Waals surface area contributed by atoms with Gasteiger partial charge in [0.1, 0.15) is 0 Å². The van der Waals surface area contributed by atoms with Crippen LogP contribution in [0.4, 0.5) is 10.5 Å². The van der Waals surface area contributed by atoms with Crippen molar-refractivity contribution in [1.82, 2.24) is 9.80 Å². The number of hydrogen-bond donors (Lipinski definition) is 1. The zero-order valence-corrected chi connectivity index (χ0v) is 15.7. The van der Waals surface area contributed by atoms with Gasteiger partial charge in [0, 0.05) is 30.9 Å². The fourth-order valence-electron chi connectivity index (χ4n) is 3.49. The fraction of sp³-hybridized carbons (Fsp3) is 0.579. The van der Waals surface area contributed by atoms with Crippen molar-refractivity contribution in [3.8, 4) is 0 Å². The zero-order chi connectivity index (χ0) is 18.7. The number of nitrogens with zero attached hydrogens (tertiary/aromatic N) is 2. The van der Waals surface area contributed by atoms with E-state index in [1.807, 2.05) is 20.8 Å². The molecule has 0 saturated carbocycles. The first kappa shape index (κ1) is 18.7. The Morgan fingerprint density at radius 2 is 1.92 bits per heavy atom. The average molecular weight is 361 g/mol. The Kier molecular flexibility index (Phi) is 5.48. The molecule has 1 unspecified atom stereocenters. The summed E-state index contributed by atoms with van der Waals surface area (Å²) in [6.45, 7) is 9.29. The molecule has 1 atom stereocenters. The second kappa shape index (κ2) is 7.63. The van der Waals surface area contributed by atoms with E-state index in [-0.39, 0.29) is 23.6 Å². The molecular weight excluding hydrogens is 334 g/mol. The highest BCUT2D eigenvalue weighted by atomic mass is 16.5. The maximum Gasteiger partial charge on any atom is 0.322 e. The average Bonchev–Trinajstić information content (AvgIpc) is 2.60. The summed E-state index contributed by atoms with van der Waals surface area (Å²) in [5.41, 5.74) is 0.815. The molecule has 0 aromatic heterocycles. The Morgan fingerprint density at radius 1 is 1.19 bits per heavy atom. The van der Waals surface area contributed by atoms with E-state index < -0.39 is 0 Å². The fourth-order valence-corrected chi connectivity index (χ4v) is 3.49.